The van der Waals surface area contributed by atoms with E-state index >= 15 is 0 Å². The minimum atomic E-state index is 0.146. The van der Waals surface area contributed by atoms with Crippen LogP contribution in [0.5, 0.6) is 0 Å². The Labute approximate surface area is 211 Å². The Kier molecular flexibility index (Phi) is 6.22. The van der Waals surface area contributed by atoms with E-state index in [0.717, 1.165) is 65.8 Å². The predicted octanol–water partition coefficient (Wildman–Crippen LogP) is 6.07. The Morgan fingerprint density at radius 1 is 0.861 bits per heavy atom. The summed E-state index contributed by atoms with van der Waals surface area (Å²) in [6.45, 7) is 2.24. The minimum absolute atomic E-state index is 0.146. The smallest absolute Gasteiger partial charge is 0.146 e. The van der Waals surface area contributed by atoms with E-state index in [1.54, 1.807) is 0 Å². The Bertz CT molecular complexity index is 1520. The van der Waals surface area contributed by atoms with Gasteiger partial charge in [-0.15, -0.1) is 0 Å². The lowest BCUT2D eigenvalue weighted by atomic mass is 9.99. The van der Waals surface area contributed by atoms with Gasteiger partial charge in [-0.3, -0.25) is 5.41 Å². The summed E-state index contributed by atoms with van der Waals surface area (Å²) in [4.78, 5) is 4.98. The first-order valence-electron chi connectivity index (χ1n) is 12.7. The summed E-state index contributed by atoms with van der Waals surface area (Å²) in [5.41, 5.74) is 7.06. The molecule has 5 aromatic rings. The summed E-state index contributed by atoms with van der Waals surface area (Å²) in [6, 6.07) is 31.5. The fraction of sp³-hybridized carbons (Fsp3) is 0.226. The molecule has 0 amide bonds. The standard InChI is InChI=1S/C31H30N4O/c32-30-28-27(24-13-6-2-7-14-24)29(25-15-8-3-9-16-25)35(19-18-23-11-4-1-5-12-23)31(28)33-22-34(30)21-26-17-10-20-36-26/h1-9,11-16,22,26,32H,10,17-21H2. The van der Waals surface area contributed by atoms with Crippen molar-refractivity contribution in [2.75, 3.05) is 6.61 Å². The van der Waals surface area contributed by atoms with Crippen molar-refractivity contribution in [3.05, 3.63) is 108 Å². The Balaban J connectivity index is 1.59. The summed E-state index contributed by atoms with van der Waals surface area (Å²) in [7, 11) is 0. The molecule has 1 aliphatic heterocycles. The Morgan fingerprint density at radius 2 is 1.53 bits per heavy atom. The molecule has 1 aliphatic rings. The van der Waals surface area contributed by atoms with Gasteiger partial charge in [0.25, 0.3) is 0 Å². The van der Waals surface area contributed by atoms with Crippen molar-refractivity contribution in [2.45, 2.75) is 38.5 Å². The highest BCUT2D eigenvalue weighted by molar-refractivity contribution is 6.02. The van der Waals surface area contributed by atoms with E-state index in [2.05, 4.69) is 83.4 Å². The molecule has 1 saturated heterocycles. The van der Waals surface area contributed by atoms with Crippen molar-refractivity contribution in [2.24, 2.45) is 0 Å². The van der Waals surface area contributed by atoms with Gasteiger partial charge in [-0.05, 0) is 36.0 Å². The summed E-state index contributed by atoms with van der Waals surface area (Å²) >= 11 is 0. The van der Waals surface area contributed by atoms with Gasteiger partial charge >= 0.3 is 0 Å². The normalized spacial score (nSPS) is 15.5. The molecular weight excluding hydrogens is 444 g/mol. The fourth-order valence-corrected chi connectivity index (χ4v) is 5.32. The maximum Gasteiger partial charge on any atom is 0.146 e. The third-order valence-electron chi connectivity index (χ3n) is 7.08. The number of hydrogen-bond acceptors (Lipinski definition) is 3. The molecule has 0 radical (unpaired) electrons. The highest BCUT2D eigenvalue weighted by Gasteiger charge is 2.24. The third kappa shape index (κ3) is 4.27. The van der Waals surface area contributed by atoms with Crippen LogP contribution in [0.2, 0.25) is 0 Å². The fourth-order valence-electron chi connectivity index (χ4n) is 5.32. The van der Waals surface area contributed by atoms with Gasteiger partial charge in [0.05, 0.1) is 30.1 Å². The van der Waals surface area contributed by atoms with Gasteiger partial charge in [0.2, 0.25) is 0 Å². The number of fused-ring (bicyclic) bond motifs is 1. The zero-order chi connectivity index (χ0) is 24.3. The van der Waals surface area contributed by atoms with E-state index in [1.165, 1.54) is 5.56 Å². The molecule has 5 heteroatoms. The molecule has 0 saturated carbocycles. The van der Waals surface area contributed by atoms with Gasteiger partial charge in [-0.25, -0.2) is 4.98 Å². The van der Waals surface area contributed by atoms with Gasteiger partial charge in [0, 0.05) is 18.7 Å². The first-order valence-corrected chi connectivity index (χ1v) is 12.7. The van der Waals surface area contributed by atoms with Crippen molar-refractivity contribution >= 4 is 11.0 Å². The van der Waals surface area contributed by atoms with Crippen LogP contribution < -0.4 is 5.49 Å². The molecule has 180 valence electrons. The summed E-state index contributed by atoms with van der Waals surface area (Å²) < 4.78 is 10.2. The molecule has 0 aliphatic carbocycles. The highest BCUT2D eigenvalue weighted by atomic mass is 16.5. The average molecular weight is 475 g/mol. The van der Waals surface area contributed by atoms with Gasteiger partial charge in [0.15, 0.2) is 0 Å². The number of benzene rings is 3. The van der Waals surface area contributed by atoms with Crippen LogP contribution >= 0.6 is 0 Å². The third-order valence-corrected chi connectivity index (χ3v) is 7.08. The van der Waals surface area contributed by atoms with Crippen LogP contribution in [-0.2, 0) is 24.2 Å². The number of aryl methyl sites for hydroxylation is 2. The number of nitrogens with zero attached hydrogens (tertiary/aromatic N) is 3. The molecule has 5 nitrogen and oxygen atoms in total. The summed E-state index contributed by atoms with van der Waals surface area (Å²) in [6.07, 6.45) is 4.97. The predicted molar refractivity (Wildman–Crippen MR) is 144 cm³/mol. The summed E-state index contributed by atoms with van der Waals surface area (Å²) in [5, 5.41) is 10.2. The SMILES string of the molecule is N=c1c2c(-c3ccccc3)c(-c3ccccc3)n(CCc3ccccc3)c2ncn1CC1CCCO1. The quantitative estimate of drug-likeness (QED) is 0.311. The van der Waals surface area contributed by atoms with Crippen molar-refractivity contribution in [3.8, 4) is 22.4 Å². The van der Waals surface area contributed by atoms with Crippen LogP contribution in [0.1, 0.15) is 18.4 Å². The highest BCUT2D eigenvalue weighted by Crippen LogP contribution is 2.39. The Hall–Kier alpha value is -3.96. The zero-order valence-corrected chi connectivity index (χ0v) is 20.3. The van der Waals surface area contributed by atoms with Gasteiger partial charge in [-0.2, -0.15) is 0 Å². The lowest BCUT2D eigenvalue weighted by Crippen LogP contribution is -2.27. The molecular formula is C31H30N4O. The second-order valence-electron chi connectivity index (χ2n) is 9.42. The van der Waals surface area contributed by atoms with Crippen LogP contribution in [0.4, 0.5) is 0 Å². The van der Waals surface area contributed by atoms with Crippen LogP contribution in [0, 0.1) is 5.41 Å². The van der Waals surface area contributed by atoms with Gasteiger partial charge in [0.1, 0.15) is 11.1 Å². The zero-order valence-electron chi connectivity index (χ0n) is 20.3. The number of rotatable bonds is 7. The number of aromatic nitrogens is 3. The van der Waals surface area contributed by atoms with E-state index in [1.807, 2.05) is 23.0 Å². The molecule has 6 rings (SSSR count). The van der Waals surface area contributed by atoms with E-state index < -0.39 is 0 Å². The Morgan fingerprint density at radius 3 is 2.19 bits per heavy atom. The van der Waals surface area contributed by atoms with E-state index in [-0.39, 0.29) is 6.10 Å². The minimum Gasteiger partial charge on any atom is -0.376 e. The van der Waals surface area contributed by atoms with Gasteiger partial charge < -0.3 is 13.9 Å². The van der Waals surface area contributed by atoms with Crippen LogP contribution in [0.15, 0.2) is 97.3 Å². The van der Waals surface area contributed by atoms with Crippen molar-refractivity contribution in [3.63, 3.8) is 0 Å². The topological polar surface area (TPSA) is 55.8 Å². The molecule has 1 N–H and O–H groups in total. The molecule has 0 bridgehead atoms. The lowest BCUT2D eigenvalue weighted by Gasteiger charge is -2.13. The second kappa shape index (κ2) is 9.96. The number of ether oxygens (including phenoxy) is 1. The first-order chi connectivity index (χ1) is 17.8. The largest absolute Gasteiger partial charge is 0.376 e. The van der Waals surface area contributed by atoms with E-state index in [0.29, 0.717) is 12.0 Å². The molecule has 1 unspecified atom stereocenters. The molecule has 2 aromatic heterocycles. The first kappa shape index (κ1) is 22.5. The van der Waals surface area contributed by atoms with Crippen molar-refractivity contribution in [1.29, 1.82) is 5.41 Å². The molecule has 3 heterocycles. The molecule has 0 spiro atoms. The maximum atomic E-state index is 9.32. The average Bonchev–Trinajstić information content (AvgIpc) is 3.57. The number of nitrogens with one attached hydrogen (secondary N) is 1. The summed E-state index contributed by atoms with van der Waals surface area (Å²) in [5.74, 6) is 0. The van der Waals surface area contributed by atoms with Crippen molar-refractivity contribution < 1.29 is 4.74 Å². The second-order valence-corrected chi connectivity index (χ2v) is 9.42. The molecule has 1 atom stereocenters. The van der Waals surface area contributed by atoms with Crippen LogP contribution in [0.25, 0.3) is 33.4 Å². The molecule has 1 fully saturated rings. The monoisotopic (exact) mass is 474 g/mol. The number of hydrogen-bond donors (Lipinski definition) is 1. The van der Waals surface area contributed by atoms with Crippen LogP contribution in [0.3, 0.4) is 0 Å². The maximum absolute atomic E-state index is 9.32. The van der Waals surface area contributed by atoms with Crippen molar-refractivity contribution in [1.82, 2.24) is 14.1 Å². The molecule has 36 heavy (non-hydrogen) atoms. The van der Waals surface area contributed by atoms with Gasteiger partial charge in [-0.1, -0.05) is 91.0 Å². The lowest BCUT2D eigenvalue weighted by molar-refractivity contribution is 0.0957. The molecule has 3 aromatic carbocycles. The van der Waals surface area contributed by atoms with E-state index in [4.69, 9.17) is 9.72 Å². The van der Waals surface area contributed by atoms with E-state index in [9.17, 15) is 5.41 Å². The van der Waals surface area contributed by atoms with Crippen LogP contribution in [-0.4, -0.2) is 26.8 Å².